The molecule has 1 rings (SSSR count). The monoisotopic (exact) mass is 204 g/mol. The molecule has 1 atom stereocenters. The summed E-state index contributed by atoms with van der Waals surface area (Å²) in [6.07, 6.45) is 2.51. The first kappa shape index (κ1) is 8.25. The summed E-state index contributed by atoms with van der Waals surface area (Å²) in [6, 6.07) is 0. The molecule has 58 valence electrons. The van der Waals surface area contributed by atoms with E-state index in [0.717, 1.165) is 19.3 Å². The largest absolute Gasteiger partial charge is 0.300 e. The van der Waals surface area contributed by atoms with Gasteiger partial charge in [0.25, 0.3) is 0 Å². The molecule has 0 saturated heterocycles. The summed E-state index contributed by atoms with van der Waals surface area (Å²) in [6.45, 7) is 4.28. The maximum absolute atomic E-state index is 11.0. The van der Waals surface area contributed by atoms with E-state index in [1.165, 1.54) is 0 Å². The van der Waals surface area contributed by atoms with Crippen LogP contribution >= 0.6 is 15.9 Å². The van der Waals surface area contributed by atoms with E-state index in [-0.39, 0.29) is 5.41 Å². The van der Waals surface area contributed by atoms with Crippen LogP contribution in [0.5, 0.6) is 0 Å². The second kappa shape index (κ2) is 2.65. The first-order valence-corrected chi connectivity index (χ1v) is 4.60. The van der Waals surface area contributed by atoms with Gasteiger partial charge in [-0.05, 0) is 11.8 Å². The summed E-state index contributed by atoms with van der Waals surface area (Å²) in [5.41, 5.74) is 0.176. The van der Waals surface area contributed by atoms with Gasteiger partial charge < -0.3 is 0 Å². The van der Waals surface area contributed by atoms with E-state index in [2.05, 4.69) is 29.8 Å². The molecule has 0 radical (unpaired) electrons. The highest BCUT2D eigenvalue weighted by Gasteiger charge is 2.33. The topological polar surface area (TPSA) is 17.1 Å². The van der Waals surface area contributed by atoms with E-state index < -0.39 is 0 Å². The number of ketones is 1. The third kappa shape index (κ3) is 1.60. The fourth-order valence-corrected chi connectivity index (χ4v) is 1.78. The second-order valence-electron chi connectivity index (χ2n) is 3.71. The Kier molecular flexibility index (Phi) is 2.18. The summed E-state index contributed by atoms with van der Waals surface area (Å²) >= 11 is 3.58. The zero-order valence-corrected chi connectivity index (χ0v) is 8.07. The third-order valence-corrected chi connectivity index (χ3v) is 3.87. The van der Waals surface area contributed by atoms with Crippen LogP contribution in [0.2, 0.25) is 0 Å². The molecule has 0 aromatic heterocycles. The van der Waals surface area contributed by atoms with Crippen LogP contribution in [-0.4, -0.2) is 10.6 Å². The lowest BCUT2D eigenvalue weighted by Crippen LogP contribution is -2.32. The summed E-state index contributed by atoms with van der Waals surface area (Å²) in [7, 11) is 0. The van der Waals surface area contributed by atoms with Gasteiger partial charge >= 0.3 is 0 Å². The normalized spacial score (nSPS) is 32.3. The van der Waals surface area contributed by atoms with E-state index in [1.807, 2.05) is 0 Å². The van der Waals surface area contributed by atoms with Gasteiger partial charge in [0.15, 0.2) is 0 Å². The van der Waals surface area contributed by atoms with Crippen molar-refractivity contribution in [3.8, 4) is 0 Å². The lowest BCUT2D eigenvalue weighted by atomic mass is 9.77. The third-order valence-electron chi connectivity index (χ3n) is 2.18. The van der Waals surface area contributed by atoms with Crippen LogP contribution in [0.4, 0.5) is 0 Å². The minimum atomic E-state index is 0.176. The average molecular weight is 205 g/mol. The van der Waals surface area contributed by atoms with Crippen molar-refractivity contribution in [3.63, 3.8) is 0 Å². The predicted molar refractivity (Wildman–Crippen MR) is 45.4 cm³/mol. The van der Waals surface area contributed by atoms with Crippen molar-refractivity contribution in [1.29, 1.82) is 0 Å². The zero-order chi connectivity index (χ0) is 7.78. The number of rotatable bonds is 0. The van der Waals surface area contributed by atoms with Gasteiger partial charge in [0.05, 0.1) is 0 Å². The zero-order valence-electron chi connectivity index (χ0n) is 6.48. The summed E-state index contributed by atoms with van der Waals surface area (Å²) in [5.74, 6) is 0.417. The van der Waals surface area contributed by atoms with Crippen molar-refractivity contribution in [2.75, 3.05) is 0 Å². The van der Waals surface area contributed by atoms with Crippen molar-refractivity contribution >= 4 is 21.7 Å². The first-order chi connectivity index (χ1) is 4.52. The lowest BCUT2D eigenvalue weighted by molar-refractivity contribution is -0.122. The highest BCUT2D eigenvalue weighted by Crippen LogP contribution is 2.38. The molecular formula is C8H13BrO. The summed E-state index contributed by atoms with van der Waals surface area (Å²) in [4.78, 5) is 11.5. The molecule has 0 N–H and O–H groups in total. The lowest BCUT2D eigenvalue weighted by Gasteiger charge is -2.33. The van der Waals surface area contributed by atoms with Crippen molar-refractivity contribution in [1.82, 2.24) is 0 Å². The molecule has 10 heavy (non-hydrogen) atoms. The molecule has 0 amide bonds. The number of halogens is 1. The number of hydrogen-bond acceptors (Lipinski definition) is 1. The fraction of sp³-hybridized carbons (Fsp3) is 0.875. The van der Waals surface area contributed by atoms with Crippen LogP contribution in [0, 0.1) is 5.41 Å². The van der Waals surface area contributed by atoms with Crippen LogP contribution in [-0.2, 0) is 4.79 Å². The van der Waals surface area contributed by atoms with Crippen molar-refractivity contribution in [2.24, 2.45) is 5.41 Å². The Morgan fingerprint density at radius 1 is 1.60 bits per heavy atom. The molecule has 0 heterocycles. The average Bonchev–Trinajstić information content (AvgIpc) is 1.78. The van der Waals surface area contributed by atoms with Gasteiger partial charge in [0.1, 0.15) is 5.78 Å². The minimum Gasteiger partial charge on any atom is -0.300 e. The molecule has 0 aromatic rings. The maximum atomic E-state index is 11.0. The van der Waals surface area contributed by atoms with E-state index in [4.69, 9.17) is 0 Å². The molecule has 1 aliphatic rings. The van der Waals surface area contributed by atoms with E-state index >= 15 is 0 Å². The molecule has 1 unspecified atom stereocenters. The molecule has 0 bridgehead atoms. The van der Waals surface area contributed by atoms with Gasteiger partial charge in [-0.1, -0.05) is 29.8 Å². The predicted octanol–water partition coefficient (Wildman–Crippen LogP) is 2.53. The van der Waals surface area contributed by atoms with Crippen LogP contribution in [0.1, 0.15) is 33.1 Å². The molecule has 0 aliphatic heterocycles. The van der Waals surface area contributed by atoms with E-state index in [1.54, 1.807) is 0 Å². The number of hydrogen-bond donors (Lipinski definition) is 0. The van der Waals surface area contributed by atoms with Gasteiger partial charge in [-0.25, -0.2) is 0 Å². The van der Waals surface area contributed by atoms with Crippen LogP contribution in [0.3, 0.4) is 0 Å². The smallest absolute Gasteiger partial charge is 0.133 e. The minimum absolute atomic E-state index is 0.176. The standard InChI is InChI=1S/C8H13BrO/c1-8(2)5-6(10)3-4-7(8)9/h7H,3-5H2,1-2H3. The highest BCUT2D eigenvalue weighted by atomic mass is 79.9. The second-order valence-corrected chi connectivity index (χ2v) is 4.82. The van der Waals surface area contributed by atoms with Gasteiger partial charge in [-0.3, -0.25) is 4.79 Å². The van der Waals surface area contributed by atoms with Gasteiger partial charge in [-0.15, -0.1) is 0 Å². The molecule has 1 saturated carbocycles. The van der Waals surface area contributed by atoms with Crippen LogP contribution < -0.4 is 0 Å². The number of carbonyl (C=O) groups is 1. The quantitative estimate of drug-likeness (QED) is 0.555. The summed E-state index contributed by atoms with van der Waals surface area (Å²) in [5, 5.41) is 0. The Morgan fingerprint density at radius 2 is 2.20 bits per heavy atom. The number of carbonyl (C=O) groups excluding carboxylic acids is 1. The Hall–Kier alpha value is 0.150. The number of Topliss-reactive ketones (excluding diaryl/α,β-unsaturated/α-hetero) is 1. The molecule has 0 aromatic carbocycles. The number of alkyl halides is 1. The molecule has 0 spiro atoms. The maximum Gasteiger partial charge on any atom is 0.133 e. The molecule has 1 fully saturated rings. The Morgan fingerprint density at radius 3 is 2.60 bits per heavy atom. The van der Waals surface area contributed by atoms with Crippen molar-refractivity contribution in [3.05, 3.63) is 0 Å². The van der Waals surface area contributed by atoms with Gasteiger partial charge in [-0.2, -0.15) is 0 Å². The fourth-order valence-electron chi connectivity index (χ4n) is 1.39. The molecule has 1 aliphatic carbocycles. The van der Waals surface area contributed by atoms with E-state index in [9.17, 15) is 4.79 Å². The SMILES string of the molecule is CC1(C)CC(=O)CCC1Br. The Balaban J connectivity index is 2.63. The van der Waals surface area contributed by atoms with Crippen molar-refractivity contribution in [2.45, 2.75) is 37.9 Å². The van der Waals surface area contributed by atoms with Gasteiger partial charge in [0.2, 0.25) is 0 Å². The summed E-state index contributed by atoms with van der Waals surface area (Å²) < 4.78 is 0. The van der Waals surface area contributed by atoms with Crippen LogP contribution in [0.15, 0.2) is 0 Å². The van der Waals surface area contributed by atoms with Crippen LogP contribution in [0.25, 0.3) is 0 Å². The molecule has 1 nitrogen and oxygen atoms in total. The molecule has 2 heteroatoms. The molecular weight excluding hydrogens is 192 g/mol. The first-order valence-electron chi connectivity index (χ1n) is 3.68. The Bertz CT molecular complexity index is 151. The Labute approximate surface area is 70.3 Å². The van der Waals surface area contributed by atoms with Crippen molar-refractivity contribution < 1.29 is 4.79 Å². The van der Waals surface area contributed by atoms with Gasteiger partial charge in [0, 0.05) is 17.7 Å². The highest BCUT2D eigenvalue weighted by molar-refractivity contribution is 9.09. The van der Waals surface area contributed by atoms with E-state index in [0.29, 0.717) is 10.6 Å².